The fourth-order valence-corrected chi connectivity index (χ4v) is 2.15. The molecule has 0 aliphatic carbocycles. The predicted molar refractivity (Wildman–Crippen MR) is 56.2 cm³/mol. The van der Waals surface area contributed by atoms with Gasteiger partial charge in [-0.1, -0.05) is 29.8 Å². The van der Waals surface area contributed by atoms with E-state index in [0.717, 1.165) is 11.6 Å². The Morgan fingerprint density at radius 3 is 3.00 bits per heavy atom. The first-order valence-electron chi connectivity index (χ1n) is 4.77. The van der Waals surface area contributed by atoms with Crippen LogP contribution in [-0.2, 0) is 0 Å². The molecule has 1 N–H and O–H groups in total. The highest BCUT2D eigenvalue weighted by Gasteiger charge is 2.18. The summed E-state index contributed by atoms with van der Waals surface area (Å²) in [6.07, 6.45) is 2.47. The van der Waals surface area contributed by atoms with Crippen molar-refractivity contribution >= 4 is 11.6 Å². The minimum atomic E-state index is 0.479. The summed E-state index contributed by atoms with van der Waals surface area (Å²) < 4.78 is 0. The Balaban J connectivity index is 2.33. The fourth-order valence-electron chi connectivity index (χ4n) is 1.89. The zero-order valence-electron chi connectivity index (χ0n) is 7.81. The van der Waals surface area contributed by atoms with Crippen LogP contribution in [0.4, 0.5) is 0 Å². The quantitative estimate of drug-likeness (QED) is 0.727. The van der Waals surface area contributed by atoms with Crippen molar-refractivity contribution in [2.45, 2.75) is 25.8 Å². The summed E-state index contributed by atoms with van der Waals surface area (Å²) in [4.78, 5) is 0. The van der Waals surface area contributed by atoms with E-state index in [1.54, 1.807) is 0 Å². The highest BCUT2D eigenvalue weighted by atomic mass is 35.5. The second-order valence-electron chi connectivity index (χ2n) is 3.63. The molecule has 0 radical (unpaired) electrons. The van der Waals surface area contributed by atoms with Crippen molar-refractivity contribution < 1.29 is 0 Å². The molecule has 1 saturated heterocycles. The molecule has 0 bridgehead atoms. The SMILES string of the molecule is Cc1cccc([C@H]2CCCN2)c1Cl. The van der Waals surface area contributed by atoms with Gasteiger partial charge in [0.15, 0.2) is 0 Å². The monoisotopic (exact) mass is 195 g/mol. The molecule has 1 nitrogen and oxygen atoms in total. The Labute approximate surface area is 84.1 Å². The van der Waals surface area contributed by atoms with Gasteiger partial charge in [0.2, 0.25) is 0 Å². The van der Waals surface area contributed by atoms with Crippen molar-refractivity contribution in [1.29, 1.82) is 0 Å². The van der Waals surface area contributed by atoms with Gasteiger partial charge >= 0.3 is 0 Å². The number of halogens is 1. The second-order valence-corrected chi connectivity index (χ2v) is 4.01. The van der Waals surface area contributed by atoms with Crippen LogP contribution in [0.25, 0.3) is 0 Å². The third-order valence-corrected chi connectivity index (χ3v) is 3.17. The maximum absolute atomic E-state index is 6.23. The van der Waals surface area contributed by atoms with Gasteiger partial charge in [-0.25, -0.2) is 0 Å². The van der Waals surface area contributed by atoms with Gasteiger partial charge in [-0.3, -0.25) is 0 Å². The van der Waals surface area contributed by atoms with E-state index in [9.17, 15) is 0 Å². The van der Waals surface area contributed by atoms with Crippen molar-refractivity contribution in [2.75, 3.05) is 6.54 Å². The Morgan fingerprint density at radius 2 is 2.31 bits per heavy atom. The maximum Gasteiger partial charge on any atom is 0.0482 e. The van der Waals surface area contributed by atoms with Crippen molar-refractivity contribution in [3.63, 3.8) is 0 Å². The topological polar surface area (TPSA) is 12.0 Å². The first kappa shape index (κ1) is 9.04. The van der Waals surface area contributed by atoms with E-state index in [0.29, 0.717) is 6.04 Å². The molecule has 0 spiro atoms. The van der Waals surface area contributed by atoms with Crippen LogP contribution in [0.5, 0.6) is 0 Å². The first-order valence-corrected chi connectivity index (χ1v) is 5.15. The third-order valence-electron chi connectivity index (χ3n) is 2.66. The molecule has 0 unspecified atom stereocenters. The smallest absolute Gasteiger partial charge is 0.0482 e. The molecule has 1 atom stereocenters. The van der Waals surface area contributed by atoms with Crippen molar-refractivity contribution in [3.8, 4) is 0 Å². The summed E-state index contributed by atoms with van der Waals surface area (Å²) in [6.45, 7) is 3.18. The molecule has 1 aliphatic heterocycles. The Morgan fingerprint density at radius 1 is 1.46 bits per heavy atom. The second kappa shape index (κ2) is 3.69. The molecule has 1 heterocycles. The number of benzene rings is 1. The standard InChI is InChI=1S/C11H14ClN/c1-8-4-2-5-9(11(8)12)10-6-3-7-13-10/h2,4-5,10,13H,3,6-7H2,1H3/t10-/m1/s1. The minimum Gasteiger partial charge on any atom is -0.310 e. The molecule has 1 aliphatic rings. The molecule has 0 amide bonds. The zero-order valence-corrected chi connectivity index (χ0v) is 8.56. The summed E-state index contributed by atoms with van der Waals surface area (Å²) in [6, 6.07) is 6.74. The van der Waals surface area contributed by atoms with Crippen molar-refractivity contribution in [3.05, 3.63) is 34.3 Å². The van der Waals surface area contributed by atoms with Crippen molar-refractivity contribution in [2.24, 2.45) is 0 Å². The fraction of sp³-hybridized carbons (Fsp3) is 0.455. The molecular weight excluding hydrogens is 182 g/mol. The zero-order chi connectivity index (χ0) is 9.26. The molecule has 2 rings (SSSR count). The van der Waals surface area contributed by atoms with Crippen LogP contribution in [0.3, 0.4) is 0 Å². The lowest BCUT2D eigenvalue weighted by molar-refractivity contribution is 0.647. The number of nitrogens with one attached hydrogen (secondary N) is 1. The largest absolute Gasteiger partial charge is 0.310 e. The van der Waals surface area contributed by atoms with Crippen LogP contribution >= 0.6 is 11.6 Å². The highest BCUT2D eigenvalue weighted by Crippen LogP contribution is 2.30. The van der Waals surface area contributed by atoms with Gasteiger partial charge < -0.3 is 5.32 Å². The van der Waals surface area contributed by atoms with Crippen LogP contribution in [0, 0.1) is 6.92 Å². The molecule has 2 heteroatoms. The van der Waals surface area contributed by atoms with Gasteiger partial charge in [-0.05, 0) is 37.4 Å². The lowest BCUT2D eigenvalue weighted by Crippen LogP contribution is -2.13. The number of hydrogen-bond donors (Lipinski definition) is 1. The van der Waals surface area contributed by atoms with Crippen LogP contribution in [-0.4, -0.2) is 6.54 Å². The van der Waals surface area contributed by atoms with E-state index in [1.807, 2.05) is 0 Å². The maximum atomic E-state index is 6.23. The molecule has 70 valence electrons. The molecule has 0 aromatic heterocycles. The molecule has 13 heavy (non-hydrogen) atoms. The minimum absolute atomic E-state index is 0.479. The van der Waals surface area contributed by atoms with Gasteiger partial charge in [0.1, 0.15) is 0 Å². The lowest BCUT2D eigenvalue weighted by atomic mass is 10.0. The van der Waals surface area contributed by atoms with Gasteiger partial charge in [0.25, 0.3) is 0 Å². The Hall–Kier alpha value is -0.530. The van der Waals surface area contributed by atoms with Gasteiger partial charge in [-0.15, -0.1) is 0 Å². The van der Waals surface area contributed by atoms with E-state index in [-0.39, 0.29) is 0 Å². The van der Waals surface area contributed by atoms with Gasteiger partial charge in [0, 0.05) is 11.1 Å². The highest BCUT2D eigenvalue weighted by molar-refractivity contribution is 6.32. The summed E-state index contributed by atoms with van der Waals surface area (Å²) in [7, 11) is 0. The number of rotatable bonds is 1. The average molecular weight is 196 g/mol. The normalized spacial score (nSPS) is 22.2. The van der Waals surface area contributed by atoms with Crippen LogP contribution in [0.15, 0.2) is 18.2 Å². The average Bonchev–Trinajstić information content (AvgIpc) is 2.62. The van der Waals surface area contributed by atoms with E-state index >= 15 is 0 Å². The van der Waals surface area contributed by atoms with Gasteiger partial charge in [0.05, 0.1) is 0 Å². The summed E-state index contributed by atoms with van der Waals surface area (Å²) in [5.74, 6) is 0. The van der Waals surface area contributed by atoms with E-state index in [2.05, 4.69) is 30.4 Å². The number of aryl methyl sites for hydroxylation is 1. The molecule has 1 aromatic carbocycles. The third kappa shape index (κ3) is 1.72. The number of hydrogen-bond acceptors (Lipinski definition) is 1. The van der Waals surface area contributed by atoms with E-state index < -0.39 is 0 Å². The first-order chi connectivity index (χ1) is 6.29. The molecule has 1 aromatic rings. The molecule has 0 saturated carbocycles. The van der Waals surface area contributed by atoms with E-state index in [4.69, 9.17) is 11.6 Å². The predicted octanol–water partition coefficient (Wildman–Crippen LogP) is 3.07. The Bertz CT molecular complexity index is 303. The summed E-state index contributed by atoms with van der Waals surface area (Å²) in [5, 5.41) is 4.39. The summed E-state index contributed by atoms with van der Waals surface area (Å²) >= 11 is 6.23. The lowest BCUT2D eigenvalue weighted by Gasteiger charge is -2.13. The van der Waals surface area contributed by atoms with E-state index in [1.165, 1.54) is 24.0 Å². The van der Waals surface area contributed by atoms with Crippen LogP contribution in [0.1, 0.15) is 30.0 Å². The van der Waals surface area contributed by atoms with Gasteiger partial charge in [-0.2, -0.15) is 0 Å². The summed E-state index contributed by atoms with van der Waals surface area (Å²) in [5.41, 5.74) is 2.44. The van der Waals surface area contributed by atoms with Crippen LogP contribution in [0.2, 0.25) is 5.02 Å². The van der Waals surface area contributed by atoms with Crippen LogP contribution < -0.4 is 5.32 Å². The molecule has 1 fully saturated rings. The molecular formula is C11H14ClN. The Kier molecular flexibility index (Phi) is 2.56. The van der Waals surface area contributed by atoms with Crippen molar-refractivity contribution in [1.82, 2.24) is 5.32 Å².